The van der Waals surface area contributed by atoms with Crippen LogP contribution in [-0.4, -0.2) is 35.1 Å². The predicted molar refractivity (Wildman–Crippen MR) is 75.6 cm³/mol. The van der Waals surface area contributed by atoms with Gasteiger partial charge in [0.25, 0.3) is 0 Å². The van der Waals surface area contributed by atoms with Crippen molar-refractivity contribution in [3.05, 3.63) is 29.6 Å². The lowest BCUT2D eigenvalue weighted by atomic mass is 10.1. The van der Waals surface area contributed by atoms with Gasteiger partial charge in [-0.2, -0.15) is 0 Å². The molecule has 0 spiro atoms. The number of hydrogen-bond acceptors (Lipinski definition) is 3. The summed E-state index contributed by atoms with van der Waals surface area (Å²) in [6.07, 6.45) is 4.20. The second-order valence-electron chi connectivity index (χ2n) is 5.84. The monoisotopic (exact) mass is 247 g/mol. The number of pyridine rings is 1. The van der Waals surface area contributed by atoms with Gasteiger partial charge in [0.1, 0.15) is 0 Å². The van der Waals surface area contributed by atoms with Crippen molar-refractivity contribution in [2.45, 2.75) is 45.7 Å². The molecule has 3 heteroatoms. The minimum Gasteiger partial charge on any atom is -0.310 e. The molecular formula is C15H25N3. The molecule has 2 rings (SSSR count). The number of nitrogens with one attached hydrogen (secondary N) is 1. The van der Waals surface area contributed by atoms with Gasteiger partial charge in [-0.1, -0.05) is 13.0 Å². The number of rotatable bonds is 3. The van der Waals surface area contributed by atoms with Crippen molar-refractivity contribution in [3.8, 4) is 0 Å². The molecular weight excluding hydrogens is 222 g/mol. The molecule has 0 amide bonds. The maximum absolute atomic E-state index is 4.56. The average molecular weight is 247 g/mol. The molecule has 0 radical (unpaired) electrons. The van der Waals surface area contributed by atoms with E-state index in [0.717, 1.165) is 32.6 Å². The summed E-state index contributed by atoms with van der Waals surface area (Å²) in [4.78, 5) is 7.09. The van der Waals surface area contributed by atoms with E-state index in [1.807, 2.05) is 12.3 Å². The summed E-state index contributed by atoms with van der Waals surface area (Å²) in [7, 11) is 0. The topological polar surface area (TPSA) is 28.2 Å². The van der Waals surface area contributed by atoms with E-state index >= 15 is 0 Å². The molecule has 1 aromatic heterocycles. The van der Waals surface area contributed by atoms with Crippen LogP contribution < -0.4 is 5.32 Å². The van der Waals surface area contributed by atoms with Gasteiger partial charge in [0, 0.05) is 24.8 Å². The zero-order chi connectivity index (χ0) is 13.0. The highest BCUT2D eigenvalue weighted by atomic mass is 15.2. The summed E-state index contributed by atoms with van der Waals surface area (Å²) in [6, 6.07) is 4.24. The third-order valence-corrected chi connectivity index (χ3v) is 3.61. The lowest BCUT2D eigenvalue weighted by Crippen LogP contribution is -2.46. The van der Waals surface area contributed by atoms with Gasteiger partial charge in [-0.25, -0.2) is 0 Å². The molecule has 1 aliphatic heterocycles. The largest absolute Gasteiger partial charge is 0.310 e. The molecule has 1 fully saturated rings. The Morgan fingerprint density at radius 1 is 1.44 bits per heavy atom. The quantitative estimate of drug-likeness (QED) is 0.887. The van der Waals surface area contributed by atoms with E-state index in [1.54, 1.807) is 0 Å². The summed E-state index contributed by atoms with van der Waals surface area (Å²) >= 11 is 0. The highest BCUT2D eigenvalue weighted by molar-refractivity contribution is 5.19. The van der Waals surface area contributed by atoms with Crippen LogP contribution in [0.25, 0.3) is 0 Å². The van der Waals surface area contributed by atoms with E-state index in [1.165, 1.54) is 17.7 Å². The lowest BCUT2D eigenvalue weighted by molar-refractivity contribution is 0.221. The molecule has 1 N–H and O–H groups in total. The first-order chi connectivity index (χ1) is 8.61. The second kappa shape index (κ2) is 5.81. The summed E-state index contributed by atoms with van der Waals surface area (Å²) in [6.45, 7) is 11.1. The zero-order valence-electron chi connectivity index (χ0n) is 11.9. The Kier molecular flexibility index (Phi) is 4.36. The molecule has 0 saturated carbocycles. The Morgan fingerprint density at radius 2 is 2.28 bits per heavy atom. The Labute approximate surface area is 111 Å². The molecule has 0 bridgehead atoms. The maximum atomic E-state index is 4.56. The minimum atomic E-state index is 0.206. The number of aryl methyl sites for hydroxylation is 1. The van der Waals surface area contributed by atoms with E-state index in [4.69, 9.17) is 0 Å². The van der Waals surface area contributed by atoms with E-state index in [-0.39, 0.29) is 5.54 Å². The van der Waals surface area contributed by atoms with Crippen molar-refractivity contribution in [2.75, 3.05) is 19.6 Å². The standard InChI is InChI=1S/C15H25N3/c1-4-13-7-5-8-16-14(13)11-18-10-6-9-17-15(2,3)12-18/h5,7-8,17H,4,6,9-12H2,1-3H3. The van der Waals surface area contributed by atoms with Crippen LogP contribution in [0.4, 0.5) is 0 Å². The van der Waals surface area contributed by atoms with Crippen LogP contribution in [0.15, 0.2) is 18.3 Å². The summed E-state index contributed by atoms with van der Waals surface area (Å²) in [5.41, 5.74) is 2.84. The fourth-order valence-corrected chi connectivity index (χ4v) is 2.71. The van der Waals surface area contributed by atoms with Crippen LogP contribution in [0.3, 0.4) is 0 Å². The predicted octanol–water partition coefficient (Wildman–Crippen LogP) is 2.22. The van der Waals surface area contributed by atoms with Gasteiger partial charge in [-0.3, -0.25) is 9.88 Å². The van der Waals surface area contributed by atoms with Crippen LogP contribution in [0.2, 0.25) is 0 Å². The molecule has 0 aliphatic carbocycles. The summed E-state index contributed by atoms with van der Waals surface area (Å²) in [5, 5.41) is 3.60. The Morgan fingerprint density at radius 3 is 3.06 bits per heavy atom. The van der Waals surface area contributed by atoms with E-state index < -0.39 is 0 Å². The lowest BCUT2D eigenvalue weighted by Gasteiger charge is -2.30. The Hall–Kier alpha value is -0.930. The zero-order valence-corrected chi connectivity index (χ0v) is 11.9. The van der Waals surface area contributed by atoms with Crippen molar-refractivity contribution in [1.82, 2.24) is 15.2 Å². The maximum Gasteiger partial charge on any atom is 0.0575 e. The molecule has 2 heterocycles. The van der Waals surface area contributed by atoms with Crippen molar-refractivity contribution in [1.29, 1.82) is 0 Å². The van der Waals surface area contributed by atoms with Gasteiger partial charge in [0.15, 0.2) is 0 Å². The van der Waals surface area contributed by atoms with Gasteiger partial charge >= 0.3 is 0 Å². The normalized spacial score (nSPS) is 20.6. The minimum absolute atomic E-state index is 0.206. The van der Waals surface area contributed by atoms with Gasteiger partial charge in [-0.05, 0) is 51.4 Å². The third-order valence-electron chi connectivity index (χ3n) is 3.61. The van der Waals surface area contributed by atoms with Crippen LogP contribution in [0.1, 0.15) is 38.4 Å². The smallest absolute Gasteiger partial charge is 0.0575 e. The van der Waals surface area contributed by atoms with Crippen LogP contribution in [0, 0.1) is 0 Å². The molecule has 1 aromatic rings. The molecule has 3 nitrogen and oxygen atoms in total. The van der Waals surface area contributed by atoms with Crippen LogP contribution in [0.5, 0.6) is 0 Å². The number of hydrogen-bond donors (Lipinski definition) is 1. The molecule has 0 atom stereocenters. The second-order valence-corrected chi connectivity index (χ2v) is 5.84. The molecule has 18 heavy (non-hydrogen) atoms. The highest BCUT2D eigenvalue weighted by Gasteiger charge is 2.24. The van der Waals surface area contributed by atoms with Crippen molar-refractivity contribution < 1.29 is 0 Å². The van der Waals surface area contributed by atoms with Gasteiger partial charge in [0.05, 0.1) is 5.69 Å². The molecule has 100 valence electrons. The summed E-state index contributed by atoms with van der Waals surface area (Å²) < 4.78 is 0. The Bertz CT molecular complexity index is 387. The molecule has 0 aromatic carbocycles. The first kappa shape index (κ1) is 13.5. The average Bonchev–Trinajstić information content (AvgIpc) is 2.50. The summed E-state index contributed by atoms with van der Waals surface area (Å²) in [5.74, 6) is 0. The highest BCUT2D eigenvalue weighted by Crippen LogP contribution is 2.15. The number of nitrogens with zero attached hydrogens (tertiary/aromatic N) is 2. The molecule has 1 aliphatic rings. The van der Waals surface area contributed by atoms with Crippen molar-refractivity contribution >= 4 is 0 Å². The first-order valence-electron chi connectivity index (χ1n) is 7.01. The van der Waals surface area contributed by atoms with E-state index in [0.29, 0.717) is 0 Å². The van der Waals surface area contributed by atoms with Gasteiger partial charge in [0.2, 0.25) is 0 Å². The fraction of sp³-hybridized carbons (Fsp3) is 0.667. The Balaban J connectivity index is 2.07. The molecule has 1 saturated heterocycles. The van der Waals surface area contributed by atoms with Crippen LogP contribution >= 0.6 is 0 Å². The van der Waals surface area contributed by atoms with E-state index in [9.17, 15) is 0 Å². The van der Waals surface area contributed by atoms with Gasteiger partial charge in [-0.15, -0.1) is 0 Å². The SMILES string of the molecule is CCc1cccnc1CN1CCCNC(C)(C)C1. The van der Waals surface area contributed by atoms with Crippen molar-refractivity contribution in [2.24, 2.45) is 0 Å². The first-order valence-corrected chi connectivity index (χ1v) is 7.01. The fourth-order valence-electron chi connectivity index (χ4n) is 2.71. The number of aromatic nitrogens is 1. The third kappa shape index (κ3) is 3.53. The van der Waals surface area contributed by atoms with Crippen molar-refractivity contribution in [3.63, 3.8) is 0 Å². The van der Waals surface area contributed by atoms with Crippen LogP contribution in [-0.2, 0) is 13.0 Å². The molecule has 0 unspecified atom stereocenters. The van der Waals surface area contributed by atoms with Gasteiger partial charge < -0.3 is 5.32 Å². The van der Waals surface area contributed by atoms with E-state index in [2.05, 4.69) is 42.0 Å².